The highest BCUT2D eigenvalue weighted by atomic mass is 16.5. The highest BCUT2D eigenvalue weighted by Gasteiger charge is 2.07. The first-order chi connectivity index (χ1) is 7.15. The molecule has 1 aromatic carbocycles. The SMILES string of the molecule is CCOc1ccccc1CN(C)C(C)C. The molecule has 0 heterocycles. The van der Waals surface area contributed by atoms with Crippen molar-refractivity contribution in [3.8, 4) is 5.75 Å². The molecule has 1 aromatic rings. The fourth-order valence-electron chi connectivity index (χ4n) is 1.38. The van der Waals surface area contributed by atoms with Crippen molar-refractivity contribution < 1.29 is 4.74 Å². The molecule has 0 N–H and O–H groups in total. The predicted octanol–water partition coefficient (Wildman–Crippen LogP) is 2.93. The molecule has 0 amide bonds. The number of para-hydroxylation sites is 1. The van der Waals surface area contributed by atoms with E-state index in [9.17, 15) is 0 Å². The number of benzene rings is 1. The van der Waals surface area contributed by atoms with Gasteiger partial charge >= 0.3 is 0 Å². The Bertz CT molecular complexity index is 296. The van der Waals surface area contributed by atoms with Gasteiger partial charge < -0.3 is 4.74 Å². The van der Waals surface area contributed by atoms with Crippen molar-refractivity contribution >= 4 is 0 Å². The van der Waals surface area contributed by atoms with Gasteiger partial charge in [0.15, 0.2) is 0 Å². The molecule has 0 unspecified atom stereocenters. The van der Waals surface area contributed by atoms with Crippen molar-refractivity contribution in [1.29, 1.82) is 0 Å². The van der Waals surface area contributed by atoms with Crippen LogP contribution in [-0.2, 0) is 6.54 Å². The van der Waals surface area contributed by atoms with E-state index >= 15 is 0 Å². The second-order valence-corrected chi connectivity index (χ2v) is 4.05. The summed E-state index contributed by atoms with van der Waals surface area (Å²) in [5.74, 6) is 1.01. The summed E-state index contributed by atoms with van der Waals surface area (Å²) in [6.07, 6.45) is 0. The van der Waals surface area contributed by atoms with Crippen molar-refractivity contribution in [2.75, 3.05) is 13.7 Å². The summed E-state index contributed by atoms with van der Waals surface area (Å²) in [7, 11) is 2.13. The van der Waals surface area contributed by atoms with Crippen LogP contribution >= 0.6 is 0 Å². The van der Waals surface area contributed by atoms with Gasteiger partial charge in [-0.1, -0.05) is 18.2 Å². The Morgan fingerprint density at radius 1 is 1.27 bits per heavy atom. The molecule has 0 aliphatic heterocycles. The van der Waals surface area contributed by atoms with Gasteiger partial charge in [0, 0.05) is 18.2 Å². The van der Waals surface area contributed by atoms with Crippen molar-refractivity contribution in [2.45, 2.75) is 33.4 Å². The Kier molecular flexibility index (Phi) is 4.63. The third kappa shape index (κ3) is 3.56. The molecule has 0 aliphatic carbocycles. The zero-order chi connectivity index (χ0) is 11.3. The summed E-state index contributed by atoms with van der Waals surface area (Å²) in [6.45, 7) is 8.08. The lowest BCUT2D eigenvalue weighted by Crippen LogP contribution is -2.25. The Hall–Kier alpha value is -1.02. The first-order valence-corrected chi connectivity index (χ1v) is 5.56. The van der Waals surface area contributed by atoms with Crippen molar-refractivity contribution in [3.05, 3.63) is 29.8 Å². The van der Waals surface area contributed by atoms with E-state index in [1.54, 1.807) is 0 Å². The van der Waals surface area contributed by atoms with Gasteiger partial charge in [0.1, 0.15) is 5.75 Å². The van der Waals surface area contributed by atoms with Crippen LogP contribution in [0, 0.1) is 0 Å². The van der Waals surface area contributed by atoms with Gasteiger partial charge in [0.2, 0.25) is 0 Å². The fraction of sp³-hybridized carbons (Fsp3) is 0.538. The van der Waals surface area contributed by atoms with Gasteiger partial charge in [-0.05, 0) is 33.9 Å². The van der Waals surface area contributed by atoms with E-state index < -0.39 is 0 Å². The first kappa shape index (κ1) is 12.1. The van der Waals surface area contributed by atoms with Crippen LogP contribution in [0.1, 0.15) is 26.3 Å². The van der Waals surface area contributed by atoms with Crippen LogP contribution in [0.2, 0.25) is 0 Å². The molecule has 15 heavy (non-hydrogen) atoms. The molecule has 0 radical (unpaired) electrons. The van der Waals surface area contributed by atoms with E-state index in [-0.39, 0.29) is 0 Å². The molecule has 0 aromatic heterocycles. The average Bonchev–Trinajstić information content (AvgIpc) is 2.21. The fourth-order valence-corrected chi connectivity index (χ4v) is 1.38. The largest absolute Gasteiger partial charge is 0.494 e. The topological polar surface area (TPSA) is 12.5 Å². The van der Waals surface area contributed by atoms with Crippen LogP contribution in [-0.4, -0.2) is 24.6 Å². The monoisotopic (exact) mass is 207 g/mol. The Morgan fingerprint density at radius 2 is 1.93 bits per heavy atom. The van der Waals surface area contributed by atoms with Crippen molar-refractivity contribution in [1.82, 2.24) is 4.90 Å². The summed E-state index contributed by atoms with van der Waals surface area (Å²) < 4.78 is 5.59. The van der Waals surface area contributed by atoms with E-state index in [1.165, 1.54) is 5.56 Å². The van der Waals surface area contributed by atoms with E-state index in [4.69, 9.17) is 4.74 Å². The summed E-state index contributed by atoms with van der Waals surface area (Å²) in [4.78, 5) is 2.30. The maximum absolute atomic E-state index is 5.59. The van der Waals surface area contributed by atoms with E-state index in [2.05, 4.69) is 37.9 Å². The third-order valence-corrected chi connectivity index (χ3v) is 2.57. The Labute approximate surface area is 92.9 Å². The molecule has 0 saturated heterocycles. The smallest absolute Gasteiger partial charge is 0.123 e. The van der Waals surface area contributed by atoms with E-state index in [0.29, 0.717) is 6.04 Å². The van der Waals surface area contributed by atoms with Gasteiger partial charge in [-0.3, -0.25) is 4.90 Å². The summed E-state index contributed by atoms with van der Waals surface area (Å²) in [5, 5.41) is 0. The van der Waals surface area contributed by atoms with E-state index in [1.807, 2.05) is 19.1 Å². The van der Waals surface area contributed by atoms with Crippen LogP contribution in [0.15, 0.2) is 24.3 Å². The molecule has 0 spiro atoms. The quantitative estimate of drug-likeness (QED) is 0.736. The molecule has 2 nitrogen and oxygen atoms in total. The molecule has 84 valence electrons. The van der Waals surface area contributed by atoms with Gasteiger partial charge in [-0.2, -0.15) is 0 Å². The van der Waals surface area contributed by atoms with Gasteiger partial charge in [-0.15, -0.1) is 0 Å². The van der Waals surface area contributed by atoms with Crippen LogP contribution < -0.4 is 4.74 Å². The molecule has 2 heteroatoms. The van der Waals surface area contributed by atoms with Crippen molar-refractivity contribution in [2.24, 2.45) is 0 Å². The number of ether oxygens (including phenoxy) is 1. The van der Waals surface area contributed by atoms with Gasteiger partial charge in [0.25, 0.3) is 0 Å². The number of rotatable bonds is 5. The molecular formula is C13H21NO. The maximum Gasteiger partial charge on any atom is 0.123 e. The summed E-state index contributed by atoms with van der Waals surface area (Å²) >= 11 is 0. The molecule has 0 aliphatic rings. The zero-order valence-electron chi connectivity index (χ0n) is 10.2. The van der Waals surface area contributed by atoms with Crippen LogP contribution in [0.5, 0.6) is 5.75 Å². The predicted molar refractivity (Wildman–Crippen MR) is 64.2 cm³/mol. The minimum absolute atomic E-state index is 0.555. The second kappa shape index (κ2) is 5.76. The lowest BCUT2D eigenvalue weighted by Gasteiger charge is -2.22. The minimum atomic E-state index is 0.555. The molecular weight excluding hydrogens is 186 g/mol. The Balaban J connectivity index is 2.74. The van der Waals surface area contributed by atoms with Crippen LogP contribution in [0.4, 0.5) is 0 Å². The van der Waals surface area contributed by atoms with Crippen molar-refractivity contribution in [3.63, 3.8) is 0 Å². The third-order valence-electron chi connectivity index (χ3n) is 2.57. The molecule has 0 fully saturated rings. The highest BCUT2D eigenvalue weighted by molar-refractivity contribution is 5.33. The normalized spacial score (nSPS) is 11.1. The molecule has 1 rings (SSSR count). The lowest BCUT2D eigenvalue weighted by molar-refractivity contribution is 0.257. The maximum atomic E-state index is 5.59. The molecule has 0 saturated carbocycles. The summed E-state index contributed by atoms with van der Waals surface area (Å²) in [5.41, 5.74) is 1.26. The Morgan fingerprint density at radius 3 is 2.53 bits per heavy atom. The first-order valence-electron chi connectivity index (χ1n) is 5.56. The minimum Gasteiger partial charge on any atom is -0.494 e. The van der Waals surface area contributed by atoms with E-state index in [0.717, 1.165) is 18.9 Å². The van der Waals surface area contributed by atoms with Crippen LogP contribution in [0.3, 0.4) is 0 Å². The lowest BCUT2D eigenvalue weighted by atomic mass is 10.2. The number of hydrogen-bond donors (Lipinski definition) is 0. The highest BCUT2D eigenvalue weighted by Crippen LogP contribution is 2.19. The van der Waals surface area contributed by atoms with Crippen LogP contribution in [0.25, 0.3) is 0 Å². The second-order valence-electron chi connectivity index (χ2n) is 4.05. The molecule has 0 atom stereocenters. The van der Waals surface area contributed by atoms with Gasteiger partial charge in [0.05, 0.1) is 6.61 Å². The number of nitrogens with zero attached hydrogens (tertiary/aromatic N) is 1. The molecule has 0 bridgehead atoms. The van der Waals surface area contributed by atoms with Gasteiger partial charge in [-0.25, -0.2) is 0 Å². The zero-order valence-corrected chi connectivity index (χ0v) is 10.2. The average molecular weight is 207 g/mol. The standard InChI is InChI=1S/C13H21NO/c1-5-15-13-9-7-6-8-12(13)10-14(4)11(2)3/h6-9,11H,5,10H2,1-4H3. The number of hydrogen-bond acceptors (Lipinski definition) is 2. The summed E-state index contributed by atoms with van der Waals surface area (Å²) in [6, 6.07) is 8.80.